The number of piperidine rings is 1. The third-order valence-electron chi connectivity index (χ3n) is 4.23. The molecule has 0 aliphatic carbocycles. The number of carbonyl (C=O) groups is 1. The largest absolute Gasteiger partial charge is 0.490 e. The number of amides is 1. The second kappa shape index (κ2) is 8.57. The highest BCUT2D eigenvalue weighted by atomic mass is 127. The summed E-state index contributed by atoms with van der Waals surface area (Å²) in [5.41, 5.74) is 6.42. The molecule has 1 aliphatic heterocycles. The Labute approximate surface area is 165 Å². The number of anilines is 1. The molecule has 0 unspecified atom stereocenters. The standard InChI is InChI=1S/C19H20FIN2O3/c20-13-1-4-15(5-2-13)26-16-7-9-23(10-8-16)19(24)12-25-18-6-3-14(21)11-17(18)22/h1-6,11,16H,7-10,12,22H2. The van der Waals surface area contributed by atoms with E-state index >= 15 is 0 Å². The van der Waals surface area contributed by atoms with Crippen LogP contribution in [0, 0.1) is 9.39 Å². The van der Waals surface area contributed by atoms with Gasteiger partial charge in [-0.25, -0.2) is 4.39 Å². The maximum Gasteiger partial charge on any atom is 0.260 e. The monoisotopic (exact) mass is 470 g/mol. The second-order valence-corrected chi connectivity index (χ2v) is 7.37. The van der Waals surface area contributed by atoms with Crippen molar-refractivity contribution < 1.29 is 18.7 Å². The Morgan fingerprint density at radius 2 is 1.88 bits per heavy atom. The van der Waals surface area contributed by atoms with Gasteiger partial charge in [-0.2, -0.15) is 0 Å². The van der Waals surface area contributed by atoms with Gasteiger partial charge in [0.2, 0.25) is 0 Å². The Hall–Kier alpha value is -2.03. The molecule has 26 heavy (non-hydrogen) atoms. The molecule has 0 bridgehead atoms. The fraction of sp³-hybridized carbons (Fsp3) is 0.316. The third kappa shape index (κ3) is 5.00. The van der Waals surface area contributed by atoms with Crippen molar-refractivity contribution in [1.29, 1.82) is 0 Å². The number of rotatable bonds is 5. The first-order chi connectivity index (χ1) is 12.5. The van der Waals surface area contributed by atoms with Crippen LogP contribution in [-0.4, -0.2) is 36.6 Å². The molecule has 2 aromatic carbocycles. The number of hydrogen-bond donors (Lipinski definition) is 1. The topological polar surface area (TPSA) is 64.8 Å². The van der Waals surface area contributed by atoms with Crippen LogP contribution in [0.3, 0.4) is 0 Å². The zero-order chi connectivity index (χ0) is 18.5. The van der Waals surface area contributed by atoms with Crippen LogP contribution < -0.4 is 15.2 Å². The van der Waals surface area contributed by atoms with E-state index in [9.17, 15) is 9.18 Å². The zero-order valence-corrected chi connectivity index (χ0v) is 16.3. The Kier molecular flexibility index (Phi) is 6.18. The molecule has 2 N–H and O–H groups in total. The van der Waals surface area contributed by atoms with Crippen LogP contribution in [-0.2, 0) is 4.79 Å². The molecule has 0 saturated carbocycles. The number of halogens is 2. The summed E-state index contributed by atoms with van der Waals surface area (Å²) in [5, 5.41) is 0. The number of carbonyl (C=O) groups excluding carboxylic acids is 1. The summed E-state index contributed by atoms with van der Waals surface area (Å²) >= 11 is 2.17. The predicted molar refractivity (Wildman–Crippen MR) is 106 cm³/mol. The Morgan fingerprint density at radius 1 is 1.19 bits per heavy atom. The van der Waals surface area contributed by atoms with Crippen molar-refractivity contribution in [2.75, 3.05) is 25.4 Å². The van der Waals surface area contributed by atoms with E-state index in [0.29, 0.717) is 30.3 Å². The summed E-state index contributed by atoms with van der Waals surface area (Å²) in [5.74, 6) is 0.816. The Morgan fingerprint density at radius 3 is 2.54 bits per heavy atom. The molecule has 1 heterocycles. The van der Waals surface area contributed by atoms with Crippen molar-refractivity contribution in [1.82, 2.24) is 4.90 Å². The molecular formula is C19H20FIN2O3. The van der Waals surface area contributed by atoms with Gasteiger partial charge in [-0.1, -0.05) is 0 Å². The van der Waals surface area contributed by atoms with E-state index in [0.717, 1.165) is 16.4 Å². The zero-order valence-electron chi connectivity index (χ0n) is 14.2. The number of nitrogens with two attached hydrogens (primary N) is 1. The van der Waals surface area contributed by atoms with Crippen molar-refractivity contribution in [3.63, 3.8) is 0 Å². The van der Waals surface area contributed by atoms with Gasteiger partial charge >= 0.3 is 0 Å². The van der Waals surface area contributed by atoms with Crippen LogP contribution in [0.1, 0.15) is 12.8 Å². The smallest absolute Gasteiger partial charge is 0.260 e. The lowest BCUT2D eigenvalue weighted by Crippen LogP contribution is -2.43. The minimum atomic E-state index is -0.286. The summed E-state index contributed by atoms with van der Waals surface area (Å²) < 4.78 is 25.3. The van der Waals surface area contributed by atoms with E-state index in [-0.39, 0.29) is 24.4 Å². The molecule has 2 aromatic rings. The van der Waals surface area contributed by atoms with E-state index < -0.39 is 0 Å². The number of nitrogen functional groups attached to an aromatic ring is 1. The molecule has 3 rings (SSSR count). The lowest BCUT2D eigenvalue weighted by atomic mass is 10.1. The van der Waals surface area contributed by atoms with Crippen molar-refractivity contribution in [3.05, 3.63) is 51.9 Å². The van der Waals surface area contributed by atoms with Crippen LogP contribution >= 0.6 is 22.6 Å². The van der Waals surface area contributed by atoms with Crippen LogP contribution in [0.15, 0.2) is 42.5 Å². The number of nitrogens with zero attached hydrogens (tertiary/aromatic N) is 1. The van der Waals surface area contributed by atoms with Gasteiger partial charge in [-0.15, -0.1) is 0 Å². The van der Waals surface area contributed by atoms with E-state index in [1.54, 1.807) is 29.2 Å². The minimum absolute atomic E-state index is 0.0253. The first-order valence-corrected chi connectivity index (χ1v) is 9.47. The highest BCUT2D eigenvalue weighted by molar-refractivity contribution is 14.1. The van der Waals surface area contributed by atoms with Crippen molar-refractivity contribution in [2.45, 2.75) is 18.9 Å². The molecule has 0 radical (unpaired) electrons. The minimum Gasteiger partial charge on any atom is -0.490 e. The average Bonchev–Trinajstić information content (AvgIpc) is 2.63. The molecular weight excluding hydrogens is 450 g/mol. The SMILES string of the molecule is Nc1cc(I)ccc1OCC(=O)N1CCC(Oc2ccc(F)cc2)CC1. The van der Waals surface area contributed by atoms with Crippen molar-refractivity contribution in [2.24, 2.45) is 0 Å². The molecule has 7 heteroatoms. The number of ether oxygens (including phenoxy) is 2. The summed E-state index contributed by atoms with van der Waals surface area (Å²) in [6.45, 7) is 1.18. The molecule has 1 fully saturated rings. The first-order valence-electron chi connectivity index (χ1n) is 8.39. The van der Waals surface area contributed by atoms with Gasteiger partial charge in [0.15, 0.2) is 6.61 Å². The highest BCUT2D eigenvalue weighted by Crippen LogP contribution is 2.24. The normalized spacial score (nSPS) is 14.9. The first kappa shape index (κ1) is 18.8. The van der Waals surface area contributed by atoms with Gasteiger partial charge < -0.3 is 20.1 Å². The molecule has 0 aromatic heterocycles. The van der Waals surface area contributed by atoms with Gasteiger partial charge in [0, 0.05) is 29.5 Å². The summed E-state index contributed by atoms with van der Waals surface area (Å²) in [6.07, 6.45) is 1.49. The van der Waals surface area contributed by atoms with Gasteiger partial charge in [0.1, 0.15) is 23.4 Å². The highest BCUT2D eigenvalue weighted by Gasteiger charge is 2.24. The van der Waals surface area contributed by atoms with Crippen LogP contribution in [0.2, 0.25) is 0 Å². The van der Waals surface area contributed by atoms with E-state index in [2.05, 4.69) is 22.6 Å². The maximum atomic E-state index is 12.9. The van der Waals surface area contributed by atoms with Gasteiger partial charge in [0.25, 0.3) is 5.91 Å². The van der Waals surface area contributed by atoms with Gasteiger partial charge in [-0.3, -0.25) is 4.79 Å². The molecule has 5 nitrogen and oxygen atoms in total. The number of benzene rings is 2. The van der Waals surface area contributed by atoms with Crippen LogP contribution in [0.25, 0.3) is 0 Å². The molecule has 0 spiro atoms. The van der Waals surface area contributed by atoms with Crippen molar-refractivity contribution >= 4 is 34.2 Å². The number of hydrogen-bond acceptors (Lipinski definition) is 4. The third-order valence-corrected chi connectivity index (χ3v) is 4.91. The molecule has 138 valence electrons. The van der Waals surface area contributed by atoms with Crippen molar-refractivity contribution in [3.8, 4) is 11.5 Å². The molecule has 1 saturated heterocycles. The van der Waals surface area contributed by atoms with E-state index in [1.807, 2.05) is 6.07 Å². The van der Waals surface area contributed by atoms with Crippen LogP contribution in [0.4, 0.5) is 10.1 Å². The molecule has 1 aliphatic rings. The Balaban J connectivity index is 1.45. The molecule has 1 amide bonds. The van der Waals surface area contributed by atoms with E-state index in [1.165, 1.54) is 12.1 Å². The summed E-state index contributed by atoms with van der Waals surface area (Å²) in [7, 11) is 0. The summed E-state index contributed by atoms with van der Waals surface area (Å²) in [4.78, 5) is 14.1. The van der Waals surface area contributed by atoms with Crippen LogP contribution in [0.5, 0.6) is 11.5 Å². The lowest BCUT2D eigenvalue weighted by molar-refractivity contribution is -0.135. The predicted octanol–water partition coefficient (Wildman–Crippen LogP) is 3.46. The fourth-order valence-electron chi connectivity index (χ4n) is 2.81. The second-order valence-electron chi connectivity index (χ2n) is 6.12. The Bertz CT molecular complexity index is 762. The van der Waals surface area contributed by atoms with Gasteiger partial charge in [-0.05, 0) is 65.1 Å². The van der Waals surface area contributed by atoms with Gasteiger partial charge in [0.05, 0.1) is 5.69 Å². The average molecular weight is 470 g/mol. The quantitative estimate of drug-likeness (QED) is 0.537. The van der Waals surface area contributed by atoms with E-state index in [4.69, 9.17) is 15.2 Å². The number of likely N-dealkylation sites (tertiary alicyclic amines) is 1. The maximum absolute atomic E-state index is 12.9. The summed E-state index contributed by atoms with van der Waals surface area (Å²) in [6, 6.07) is 11.4. The fourth-order valence-corrected chi connectivity index (χ4v) is 3.33. The lowest BCUT2D eigenvalue weighted by Gasteiger charge is -2.32. The molecule has 0 atom stereocenters.